The molecule has 2 aromatic carbocycles. The minimum Gasteiger partial charge on any atom is -0.497 e. The Balaban J connectivity index is 0.00000300. The van der Waals surface area contributed by atoms with Gasteiger partial charge in [-0.05, 0) is 68.4 Å². The third kappa shape index (κ3) is 6.74. The zero-order valence-corrected chi connectivity index (χ0v) is 21.1. The SMILES string of the molecule is COc1cc(C)c(CC(=O)C[N+]2(Cc3ccccc3)CCCCCC2)c(C)c1.[Y]. The first-order valence-corrected chi connectivity index (χ1v) is 10.6. The fourth-order valence-corrected chi connectivity index (χ4v) is 4.68. The summed E-state index contributed by atoms with van der Waals surface area (Å²) < 4.78 is 6.28. The normalized spacial score (nSPS) is 15.8. The average Bonchev–Trinajstić information content (AvgIpc) is 2.90. The Bertz CT molecular complexity index is 773. The number of quaternary nitrogens is 1. The van der Waals surface area contributed by atoms with Crippen molar-refractivity contribution in [3.05, 3.63) is 64.7 Å². The van der Waals surface area contributed by atoms with Crippen LogP contribution >= 0.6 is 0 Å². The van der Waals surface area contributed by atoms with Gasteiger partial charge in [-0.25, -0.2) is 0 Å². The van der Waals surface area contributed by atoms with Crippen LogP contribution in [0.25, 0.3) is 0 Å². The summed E-state index contributed by atoms with van der Waals surface area (Å²) in [5, 5.41) is 0. The molecule has 3 rings (SSSR count). The predicted octanol–water partition coefficient (Wildman–Crippen LogP) is 5.01. The van der Waals surface area contributed by atoms with E-state index in [0.29, 0.717) is 18.7 Å². The van der Waals surface area contributed by atoms with Crippen molar-refractivity contribution in [1.82, 2.24) is 0 Å². The van der Waals surface area contributed by atoms with E-state index >= 15 is 0 Å². The largest absolute Gasteiger partial charge is 0.497 e. The Morgan fingerprint density at radius 1 is 0.966 bits per heavy atom. The molecule has 1 heterocycles. The summed E-state index contributed by atoms with van der Waals surface area (Å²) in [4.78, 5) is 13.2. The van der Waals surface area contributed by atoms with Crippen molar-refractivity contribution in [2.45, 2.75) is 52.5 Å². The van der Waals surface area contributed by atoms with E-state index in [0.717, 1.165) is 41.0 Å². The van der Waals surface area contributed by atoms with Crippen LogP contribution in [-0.2, 0) is 50.5 Å². The maximum Gasteiger partial charge on any atom is 0.191 e. The third-order valence-electron chi connectivity index (χ3n) is 6.17. The molecule has 0 unspecified atom stereocenters. The van der Waals surface area contributed by atoms with Crippen molar-refractivity contribution >= 4 is 5.78 Å². The van der Waals surface area contributed by atoms with E-state index in [-0.39, 0.29) is 32.7 Å². The quantitative estimate of drug-likeness (QED) is 0.533. The Morgan fingerprint density at radius 3 is 2.10 bits per heavy atom. The molecule has 0 amide bonds. The first-order valence-electron chi connectivity index (χ1n) is 10.6. The van der Waals surface area contributed by atoms with Crippen molar-refractivity contribution in [3.63, 3.8) is 0 Å². The summed E-state index contributed by atoms with van der Waals surface area (Å²) in [6, 6.07) is 14.8. The number of carbonyl (C=O) groups is 1. The van der Waals surface area contributed by atoms with Gasteiger partial charge in [-0.2, -0.15) is 0 Å². The van der Waals surface area contributed by atoms with Gasteiger partial charge < -0.3 is 9.22 Å². The maximum absolute atomic E-state index is 13.2. The van der Waals surface area contributed by atoms with Gasteiger partial charge >= 0.3 is 0 Å². The van der Waals surface area contributed by atoms with Gasteiger partial charge in [0.15, 0.2) is 5.78 Å². The molecule has 153 valence electrons. The summed E-state index contributed by atoms with van der Waals surface area (Å²) >= 11 is 0. The molecule has 0 saturated carbocycles. The number of carbonyl (C=O) groups excluding carboxylic acids is 1. The number of methoxy groups -OCH3 is 1. The Morgan fingerprint density at radius 2 is 1.55 bits per heavy atom. The van der Waals surface area contributed by atoms with Crippen molar-refractivity contribution < 1.29 is 46.7 Å². The first kappa shape index (κ1) is 24.2. The molecule has 1 fully saturated rings. The number of hydrogen-bond acceptors (Lipinski definition) is 2. The van der Waals surface area contributed by atoms with Crippen LogP contribution in [0, 0.1) is 13.8 Å². The minimum absolute atomic E-state index is 0. The second-order valence-electron chi connectivity index (χ2n) is 8.46. The minimum atomic E-state index is 0. The number of Topliss-reactive ketones (excluding diaryl/α,β-unsaturated/α-hetero) is 1. The maximum atomic E-state index is 13.2. The Labute approximate surface area is 201 Å². The van der Waals surface area contributed by atoms with Crippen LogP contribution in [0.2, 0.25) is 0 Å². The number of rotatable bonds is 7. The number of ketones is 1. The number of hydrogen-bond donors (Lipinski definition) is 0. The fourth-order valence-electron chi connectivity index (χ4n) is 4.68. The molecule has 0 atom stereocenters. The average molecular weight is 469 g/mol. The summed E-state index contributed by atoms with van der Waals surface area (Å²) in [6.45, 7) is 7.99. The van der Waals surface area contributed by atoms with Crippen LogP contribution < -0.4 is 4.74 Å². The molecule has 0 bridgehead atoms. The molecule has 0 aliphatic carbocycles. The van der Waals surface area contributed by atoms with Gasteiger partial charge in [0.2, 0.25) is 0 Å². The van der Waals surface area contributed by atoms with Gasteiger partial charge in [-0.3, -0.25) is 4.79 Å². The standard InChI is InChI=1S/C25H34NO2.Y/c1-20-15-24(28-3)16-21(2)25(20)17-23(27)19-26(13-9-4-5-10-14-26)18-22-11-7-6-8-12-22;/h6-8,11-12,15-16H,4-5,9-10,13-14,17-19H2,1-3H3;/q+1;. The van der Waals surface area contributed by atoms with Crippen LogP contribution in [0.5, 0.6) is 5.75 Å². The number of likely N-dealkylation sites (tertiary alicyclic amines) is 1. The topological polar surface area (TPSA) is 26.3 Å². The van der Waals surface area contributed by atoms with Crippen molar-refractivity contribution in [1.29, 1.82) is 0 Å². The van der Waals surface area contributed by atoms with Gasteiger partial charge in [0, 0.05) is 44.7 Å². The van der Waals surface area contributed by atoms with Crippen LogP contribution in [-0.4, -0.2) is 37.0 Å². The molecule has 2 aromatic rings. The summed E-state index contributed by atoms with van der Waals surface area (Å²) in [7, 11) is 1.69. The van der Waals surface area contributed by atoms with E-state index < -0.39 is 0 Å². The van der Waals surface area contributed by atoms with Gasteiger partial charge in [-0.15, -0.1) is 0 Å². The van der Waals surface area contributed by atoms with Crippen LogP contribution in [0.4, 0.5) is 0 Å². The molecule has 3 nitrogen and oxygen atoms in total. The molecule has 1 radical (unpaired) electrons. The molecule has 0 spiro atoms. The summed E-state index contributed by atoms with van der Waals surface area (Å²) in [6.07, 6.45) is 5.55. The molecule has 0 aromatic heterocycles. The van der Waals surface area contributed by atoms with Crippen molar-refractivity contribution in [3.8, 4) is 5.75 Å². The van der Waals surface area contributed by atoms with Crippen LogP contribution in [0.1, 0.15) is 47.9 Å². The molecular weight excluding hydrogens is 435 g/mol. The zero-order valence-electron chi connectivity index (χ0n) is 18.2. The van der Waals surface area contributed by atoms with Crippen molar-refractivity contribution in [2.75, 3.05) is 26.7 Å². The molecule has 0 N–H and O–H groups in total. The number of benzene rings is 2. The summed E-state index contributed by atoms with van der Waals surface area (Å²) in [5.74, 6) is 1.22. The van der Waals surface area contributed by atoms with Crippen molar-refractivity contribution in [2.24, 2.45) is 0 Å². The predicted molar refractivity (Wildman–Crippen MR) is 115 cm³/mol. The second-order valence-corrected chi connectivity index (χ2v) is 8.46. The van der Waals surface area contributed by atoms with E-state index in [1.807, 2.05) is 12.1 Å². The van der Waals surface area contributed by atoms with Gasteiger partial charge in [-0.1, -0.05) is 30.3 Å². The molecule has 1 aliphatic heterocycles. The first-order chi connectivity index (χ1) is 13.5. The van der Waals surface area contributed by atoms with E-state index in [4.69, 9.17) is 4.74 Å². The van der Waals surface area contributed by atoms with Gasteiger partial charge in [0.1, 0.15) is 18.8 Å². The molecule has 1 aliphatic rings. The molecular formula is C25H34NO2Y+. The van der Waals surface area contributed by atoms with Crippen LogP contribution in [0.15, 0.2) is 42.5 Å². The van der Waals surface area contributed by atoms with E-state index in [1.165, 1.54) is 36.8 Å². The van der Waals surface area contributed by atoms with Gasteiger partial charge in [0.25, 0.3) is 0 Å². The molecule has 29 heavy (non-hydrogen) atoms. The second kappa shape index (κ2) is 11.4. The van der Waals surface area contributed by atoms with E-state index in [2.05, 4.69) is 44.2 Å². The van der Waals surface area contributed by atoms with Crippen LogP contribution in [0.3, 0.4) is 0 Å². The third-order valence-corrected chi connectivity index (χ3v) is 6.17. The zero-order chi connectivity index (χ0) is 20.0. The molecule has 1 saturated heterocycles. The van der Waals surface area contributed by atoms with Gasteiger partial charge in [0.05, 0.1) is 20.2 Å². The summed E-state index contributed by atoms with van der Waals surface area (Å²) in [5.41, 5.74) is 4.80. The smallest absolute Gasteiger partial charge is 0.191 e. The Hall–Kier alpha value is -1.03. The van der Waals surface area contributed by atoms with E-state index in [9.17, 15) is 4.79 Å². The number of aryl methyl sites for hydroxylation is 2. The molecule has 4 heteroatoms. The number of nitrogens with zero attached hydrogens (tertiary/aromatic N) is 1. The monoisotopic (exact) mass is 469 g/mol. The Kier molecular flexibility index (Phi) is 9.52. The fraction of sp³-hybridized carbons (Fsp3) is 0.480. The van der Waals surface area contributed by atoms with E-state index in [1.54, 1.807) is 7.11 Å². The number of ether oxygens (including phenoxy) is 1.